The monoisotopic (exact) mass is 636 g/mol. The number of carbonyl (C=O) groups excluding carboxylic acids is 5. The first-order valence-electron chi connectivity index (χ1n) is 12.6. The Morgan fingerprint density at radius 3 is 1.51 bits per heavy atom. The molecule has 0 aromatic heterocycles. The van der Waals surface area contributed by atoms with Crippen molar-refractivity contribution >= 4 is 65.2 Å². The molecule has 0 unspecified atom stereocenters. The van der Waals surface area contributed by atoms with Crippen LogP contribution in [0.4, 0.5) is 0 Å². The van der Waals surface area contributed by atoms with E-state index in [1.54, 1.807) is 6.26 Å². The van der Waals surface area contributed by atoms with Gasteiger partial charge in [0.15, 0.2) is 0 Å². The molecule has 242 valence electrons. The summed E-state index contributed by atoms with van der Waals surface area (Å²) < 4.78 is 0. The van der Waals surface area contributed by atoms with E-state index in [0.29, 0.717) is 5.75 Å². The van der Waals surface area contributed by atoms with Crippen molar-refractivity contribution in [2.45, 2.75) is 75.2 Å². The summed E-state index contributed by atoms with van der Waals surface area (Å²) in [5.74, 6) is -11.1. The predicted molar refractivity (Wildman–Crippen MR) is 146 cm³/mol. The lowest BCUT2D eigenvalue weighted by Gasteiger charge is -2.25. The Labute approximate surface area is 248 Å². The molecule has 0 spiro atoms. The number of carbonyl (C=O) groups is 9. The largest absolute Gasteiger partial charge is 0.481 e. The van der Waals surface area contributed by atoms with E-state index in [-0.39, 0.29) is 19.3 Å². The first-order valence-corrected chi connectivity index (χ1v) is 14.0. The molecule has 20 heteroatoms. The average Bonchev–Trinajstić information content (AvgIpc) is 2.89. The highest BCUT2D eigenvalue weighted by Gasteiger charge is 2.33. The van der Waals surface area contributed by atoms with Crippen LogP contribution in [0, 0.1) is 0 Å². The molecule has 0 saturated heterocycles. The molecule has 0 aromatic rings. The fourth-order valence-electron chi connectivity index (χ4n) is 3.32. The van der Waals surface area contributed by atoms with Gasteiger partial charge in [0.2, 0.25) is 29.5 Å². The van der Waals surface area contributed by atoms with Crippen molar-refractivity contribution in [3.05, 3.63) is 0 Å². The third-order valence-corrected chi connectivity index (χ3v) is 6.21. The summed E-state index contributed by atoms with van der Waals surface area (Å²) in [5, 5.41) is 44.7. The van der Waals surface area contributed by atoms with E-state index in [1.807, 2.05) is 10.6 Å². The number of rotatable bonds is 22. The fourth-order valence-corrected chi connectivity index (χ4v) is 3.80. The van der Waals surface area contributed by atoms with Gasteiger partial charge in [-0.3, -0.25) is 38.4 Å². The molecule has 0 aromatic carbocycles. The predicted octanol–water partition coefficient (Wildman–Crippen LogP) is -3.83. The third-order valence-electron chi connectivity index (χ3n) is 5.57. The van der Waals surface area contributed by atoms with Gasteiger partial charge < -0.3 is 53.2 Å². The van der Waals surface area contributed by atoms with Gasteiger partial charge in [0.05, 0.1) is 18.9 Å². The van der Waals surface area contributed by atoms with Crippen molar-refractivity contribution in [3.63, 3.8) is 0 Å². The molecule has 0 radical (unpaired) electrons. The summed E-state index contributed by atoms with van der Waals surface area (Å²) in [6.07, 6.45) is -1.98. The Bertz CT molecular complexity index is 1070. The number of aliphatic carboxylic acids is 4. The summed E-state index contributed by atoms with van der Waals surface area (Å²) in [6, 6.07) is -8.12. The number of nitrogens with two attached hydrogens (primary N) is 2. The summed E-state index contributed by atoms with van der Waals surface area (Å²) in [4.78, 5) is 107. The van der Waals surface area contributed by atoms with Crippen LogP contribution in [0.3, 0.4) is 0 Å². The van der Waals surface area contributed by atoms with Crippen LogP contribution in [0.25, 0.3) is 0 Å². The minimum atomic E-state index is -1.98. The number of carboxylic acid groups (broad SMARTS) is 4. The van der Waals surface area contributed by atoms with Gasteiger partial charge in [0, 0.05) is 12.8 Å². The minimum absolute atomic E-state index is 0.0265. The van der Waals surface area contributed by atoms with Gasteiger partial charge in [-0.15, -0.1) is 0 Å². The summed E-state index contributed by atoms with van der Waals surface area (Å²) in [5.41, 5.74) is 10.8. The average molecular weight is 637 g/mol. The molecule has 19 nitrogen and oxygen atoms in total. The zero-order chi connectivity index (χ0) is 33.3. The molecule has 12 N–H and O–H groups in total. The van der Waals surface area contributed by atoms with E-state index in [0.717, 1.165) is 0 Å². The van der Waals surface area contributed by atoms with Crippen molar-refractivity contribution in [1.29, 1.82) is 0 Å². The first-order chi connectivity index (χ1) is 20.0. The summed E-state index contributed by atoms with van der Waals surface area (Å²) in [6.45, 7) is 0. The smallest absolute Gasteiger partial charge is 0.326 e. The van der Waals surface area contributed by atoms with E-state index in [4.69, 9.17) is 26.8 Å². The van der Waals surface area contributed by atoms with Crippen molar-refractivity contribution in [2.75, 3.05) is 12.0 Å². The van der Waals surface area contributed by atoms with E-state index in [9.17, 15) is 48.3 Å². The number of amides is 5. The Kier molecular flexibility index (Phi) is 17.6. The van der Waals surface area contributed by atoms with Crippen LogP contribution in [0.1, 0.15) is 44.9 Å². The molecule has 0 aliphatic carbocycles. The highest BCUT2D eigenvalue weighted by atomic mass is 32.2. The highest BCUT2D eigenvalue weighted by molar-refractivity contribution is 7.98. The van der Waals surface area contributed by atoms with Crippen molar-refractivity contribution in [3.8, 4) is 0 Å². The fraction of sp³-hybridized carbons (Fsp3) is 0.609. The standard InChI is InChI=1S/C23H36N6O13S/c1-43-7-6-12(26-19(37)10(24)2-4-15(25)30)21(39)27-11(3-5-16(31)32)20(38)28-13(8-17(33)34)22(40)29-14(23(41)42)9-18(35)36/h10-14H,2-9,24H2,1H3,(H2,25,30)(H,26,37)(H,27,39)(H,28,38)(H,29,40)(H,31,32)(H,33,34)(H,35,36)(H,41,42)/t10-,11-,12-,13-,14-/m0/s1. The van der Waals surface area contributed by atoms with Crippen molar-refractivity contribution < 1.29 is 63.6 Å². The zero-order valence-corrected chi connectivity index (χ0v) is 23.9. The maximum atomic E-state index is 13.1. The highest BCUT2D eigenvalue weighted by Crippen LogP contribution is 2.07. The number of carboxylic acids is 4. The van der Waals surface area contributed by atoms with Gasteiger partial charge in [-0.05, 0) is 31.3 Å². The second-order valence-corrected chi connectivity index (χ2v) is 10.1. The van der Waals surface area contributed by atoms with E-state index in [2.05, 4.69) is 10.6 Å². The van der Waals surface area contributed by atoms with Crippen LogP contribution in [-0.2, 0) is 43.2 Å². The number of primary amides is 1. The van der Waals surface area contributed by atoms with E-state index >= 15 is 0 Å². The number of hydrogen-bond acceptors (Lipinski definition) is 11. The lowest BCUT2D eigenvalue weighted by Crippen LogP contribution is -2.59. The third kappa shape index (κ3) is 16.5. The van der Waals surface area contributed by atoms with Crippen LogP contribution in [0.15, 0.2) is 0 Å². The van der Waals surface area contributed by atoms with Crippen LogP contribution in [0.5, 0.6) is 0 Å². The van der Waals surface area contributed by atoms with Gasteiger partial charge in [0.25, 0.3) is 0 Å². The molecule has 43 heavy (non-hydrogen) atoms. The summed E-state index contributed by atoms with van der Waals surface area (Å²) in [7, 11) is 0. The van der Waals surface area contributed by atoms with Crippen LogP contribution < -0.4 is 32.7 Å². The van der Waals surface area contributed by atoms with Crippen LogP contribution in [0.2, 0.25) is 0 Å². The van der Waals surface area contributed by atoms with Crippen molar-refractivity contribution in [1.82, 2.24) is 21.3 Å². The molecule has 5 atom stereocenters. The maximum Gasteiger partial charge on any atom is 0.326 e. The second kappa shape index (κ2) is 19.6. The molecule has 0 aliphatic rings. The Morgan fingerprint density at radius 2 is 1.05 bits per heavy atom. The molecular formula is C23H36N6O13S. The van der Waals surface area contributed by atoms with Crippen molar-refractivity contribution in [2.24, 2.45) is 11.5 Å². The lowest BCUT2D eigenvalue weighted by molar-refractivity contribution is -0.148. The number of hydrogen-bond donors (Lipinski definition) is 10. The van der Waals surface area contributed by atoms with E-state index in [1.165, 1.54) is 11.8 Å². The topological polar surface area (TPSA) is 335 Å². The molecule has 0 saturated carbocycles. The summed E-state index contributed by atoms with van der Waals surface area (Å²) >= 11 is 1.30. The Morgan fingerprint density at radius 1 is 0.605 bits per heavy atom. The zero-order valence-electron chi connectivity index (χ0n) is 23.1. The quantitative estimate of drug-likeness (QED) is 0.0544. The first kappa shape index (κ1) is 38.5. The molecule has 5 amide bonds. The Balaban J connectivity index is 5.92. The van der Waals surface area contributed by atoms with Gasteiger partial charge in [0.1, 0.15) is 24.2 Å². The normalized spacial score (nSPS) is 14.1. The molecule has 0 aliphatic heterocycles. The van der Waals surface area contributed by atoms with Gasteiger partial charge in [-0.1, -0.05) is 0 Å². The van der Waals surface area contributed by atoms with Gasteiger partial charge in [-0.25, -0.2) is 4.79 Å². The SMILES string of the molecule is CSCC[C@H](NC(=O)[C@@H](N)CCC(N)=O)C(=O)N[C@@H](CCC(=O)O)C(=O)N[C@@H](CC(=O)O)C(=O)N[C@@H](CC(=O)O)C(=O)O. The van der Waals surface area contributed by atoms with Crippen LogP contribution >= 0.6 is 11.8 Å². The molecular weight excluding hydrogens is 600 g/mol. The second-order valence-electron chi connectivity index (χ2n) is 9.10. The molecule has 0 bridgehead atoms. The molecule has 0 heterocycles. The Hall–Kier alpha value is -4.46. The maximum absolute atomic E-state index is 13.1. The van der Waals surface area contributed by atoms with Gasteiger partial charge >= 0.3 is 23.9 Å². The van der Waals surface area contributed by atoms with Gasteiger partial charge in [-0.2, -0.15) is 11.8 Å². The van der Waals surface area contributed by atoms with Crippen LogP contribution in [-0.4, -0.2) is 116 Å². The molecule has 0 rings (SSSR count). The number of thioether (sulfide) groups is 1. The molecule has 0 fully saturated rings. The minimum Gasteiger partial charge on any atom is -0.481 e. The number of nitrogens with one attached hydrogen (secondary N) is 4. The lowest BCUT2D eigenvalue weighted by atomic mass is 10.1. The van der Waals surface area contributed by atoms with E-state index < -0.39 is 109 Å².